The van der Waals surface area contributed by atoms with Crippen LogP contribution in [0.1, 0.15) is 56.6 Å². The molecule has 2 aliphatic heterocycles. The van der Waals surface area contributed by atoms with Crippen LogP contribution in [0, 0.1) is 5.92 Å². The molecule has 2 fully saturated rings. The third-order valence-electron chi connectivity index (χ3n) is 6.86. The van der Waals surface area contributed by atoms with Gasteiger partial charge in [-0.05, 0) is 31.0 Å². The van der Waals surface area contributed by atoms with E-state index in [-0.39, 0.29) is 23.0 Å². The van der Waals surface area contributed by atoms with Crippen LogP contribution in [-0.2, 0) is 15.6 Å². The van der Waals surface area contributed by atoms with Gasteiger partial charge in [-0.2, -0.15) is 13.2 Å². The van der Waals surface area contributed by atoms with E-state index in [9.17, 15) is 21.6 Å². The summed E-state index contributed by atoms with van der Waals surface area (Å²) in [5.41, 5.74) is -0.700. The highest BCUT2D eigenvalue weighted by molar-refractivity contribution is 7.89. The first kappa shape index (κ1) is 20.0. The smallest absolute Gasteiger partial charge is 0.365 e. The average Bonchev–Trinajstić information content (AvgIpc) is 3.04. The predicted molar refractivity (Wildman–Crippen MR) is 102 cm³/mol. The Kier molecular flexibility index (Phi) is 4.18. The van der Waals surface area contributed by atoms with E-state index in [1.165, 1.54) is 0 Å². The van der Waals surface area contributed by atoms with Crippen molar-refractivity contribution in [3.8, 4) is 0 Å². The first-order chi connectivity index (χ1) is 14.1. The number of aromatic nitrogens is 3. The normalized spacial score (nSPS) is 36.3. The van der Waals surface area contributed by atoms with Crippen LogP contribution < -0.4 is 10.0 Å². The minimum Gasteiger partial charge on any atom is -0.365 e. The third-order valence-corrected chi connectivity index (χ3v) is 8.30. The molecule has 5 unspecified atom stereocenters. The van der Waals surface area contributed by atoms with Crippen LogP contribution in [0.2, 0.25) is 0 Å². The molecule has 2 aliphatic carbocycles. The number of halogens is 3. The summed E-state index contributed by atoms with van der Waals surface area (Å²) >= 11 is 0. The summed E-state index contributed by atoms with van der Waals surface area (Å²) in [6.07, 6.45) is 2.51. The molecule has 3 heterocycles. The average molecular weight is 444 g/mol. The van der Waals surface area contributed by atoms with E-state index in [1.807, 2.05) is 13.1 Å². The molecule has 0 spiro atoms. The minimum absolute atomic E-state index is 0.0280. The fourth-order valence-corrected chi connectivity index (χ4v) is 6.65. The van der Waals surface area contributed by atoms with Crippen molar-refractivity contribution in [1.82, 2.24) is 24.8 Å². The van der Waals surface area contributed by atoms with Crippen molar-refractivity contribution in [3.05, 3.63) is 23.9 Å². The summed E-state index contributed by atoms with van der Waals surface area (Å²) in [6, 6.07) is -0.415. The van der Waals surface area contributed by atoms with Crippen molar-refractivity contribution in [2.45, 2.75) is 68.4 Å². The van der Waals surface area contributed by atoms with Gasteiger partial charge in [0.05, 0.1) is 18.4 Å². The van der Waals surface area contributed by atoms with Crippen molar-refractivity contribution < 1.29 is 21.6 Å². The first-order valence-electron chi connectivity index (χ1n) is 10.1. The van der Waals surface area contributed by atoms with Gasteiger partial charge in [-0.15, -0.1) is 10.2 Å². The van der Waals surface area contributed by atoms with Gasteiger partial charge in [0.25, 0.3) is 0 Å². The lowest BCUT2D eigenvalue weighted by Crippen LogP contribution is -2.37. The minimum atomic E-state index is -4.50. The van der Waals surface area contributed by atoms with Gasteiger partial charge in [0.2, 0.25) is 10.0 Å². The fourth-order valence-electron chi connectivity index (χ4n) is 5.33. The van der Waals surface area contributed by atoms with E-state index in [4.69, 9.17) is 0 Å². The molecule has 164 valence electrons. The van der Waals surface area contributed by atoms with Gasteiger partial charge in [0.1, 0.15) is 11.4 Å². The summed E-state index contributed by atoms with van der Waals surface area (Å²) in [5, 5.41) is 12.0. The molecule has 2 saturated carbocycles. The zero-order valence-electron chi connectivity index (χ0n) is 16.4. The zero-order chi connectivity index (χ0) is 21.4. The van der Waals surface area contributed by atoms with Gasteiger partial charge < -0.3 is 5.32 Å². The van der Waals surface area contributed by atoms with E-state index in [0.29, 0.717) is 18.7 Å². The number of nitrogens with zero attached hydrogens (tertiary/aromatic N) is 4. The van der Waals surface area contributed by atoms with Gasteiger partial charge >= 0.3 is 6.18 Å². The van der Waals surface area contributed by atoms with Crippen LogP contribution in [0.3, 0.4) is 0 Å². The topological polar surface area (TPSA) is 101 Å². The standard InChI is InChI=1S/C18H23F3N6O2S/c1-2-11-7-12(26-30(28,29)6-4-18(19,20)21)8-13(11)15-25-24-14-9-23-17-10-16(17,27(14)15)3-5-22-17/h3,5,9,11-13,22,26H,2,4,6-8,10H2,1H3. The number of hydrogen-bond acceptors (Lipinski definition) is 6. The second kappa shape index (κ2) is 6.28. The number of hydrogen-bond donors (Lipinski definition) is 2. The van der Waals surface area contributed by atoms with E-state index in [1.54, 1.807) is 6.21 Å². The highest BCUT2D eigenvalue weighted by Crippen LogP contribution is 2.61. The lowest BCUT2D eigenvalue weighted by molar-refractivity contribution is -0.130. The number of nitrogens with one attached hydrogen (secondary N) is 2. The zero-order valence-corrected chi connectivity index (χ0v) is 17.2. The molecule has 1 aromatic heterocycles. The number of alkyl halides is 3. The van der Waals surface area contributed by atoms with E-state index < -0.39 is 34.4 Å². The molecule has 1 aromatic rings. The molecule has 0 radical (unpaired) electrons. The summed E-state index contributed by atoms with van der Waals surface area (Å²) in [7, 11) is -4.01. The van der Waals surface area contributed by atoms with Crippen molar-refractivity contribution in [1.29, 1.82) is 0 Å². The molecule has 0 aromatic carbocycles. The number of rotatable bonds is 6. The summed E-state index contributed by atoms with van der Waals surface area (Å²) in [4.78, 5) is 4.61. The summed E-state index contributed by atoms with van der Waals surface area (Å²) in [5.74, 6) is 0.661. The molecule has 0 bridgehead atoms. The van der Waals surface area contributed by atoms with Gasteiger partial charge in [-0.3, -0.25) is 9.56 Å². The van der Waals surface area contributed by atoms with Gasteiger partial charge in [0.15, 0.2) is 11.5 Å². The summed E-state index contributed by atoms with van der Waals surface area (Å²) in [6.45, 7) is 2.03. The SMILES string of the molecule is CCC1CC(NS(=O)(=O)CCC(F)(F)F)CC1c1nnc2n1C13C=CNC1(C3)N=C2. The monoisotopic (exact) mass is 444 g/mol. The maximum atomic E-state index is 12.4. The highest BCUT2D eigenvalue weighted by Gasteiger charge is 2.73. The molecular weight excluding hydrogens is 421 g/mol. The number of aliphatic imine (C=N–C) groups is 1. The second-order valence-electron chi connectivity index (χ2n) is 8.69. The van der Waals surface area contributed by atoms with Crippen LogP contribution in [-0.4, -0.2) is 53.0 Å². The molecule has 30 heavy (non-hydrogen) atoms. The lowest BCUT2D eigenvalue weighted by atomic mass is 9.92. The largest absolute Gasteiger partial charge is 0.390 e. The van der Waals surface area contributed by atoms with Crippen LogP contribution in [0.15, 0.2) is 17.3 Å². The van der Waals surface area contributed by atoms with Crippen molar-refractivity contribution in [2.75, 3.05) is 5.75 Å². The lowest BCUT2D eigenvalue weighted by Gasteiger charge is -2.26. The molecule has 0 saturated heterocycles. The van der Waals surface area contributed by atoms with Crippen molar-refractivity contribution in [2.24, 2.45) is 10.9 Å². The van der Waals surface area contributed by atoms with Crippen molar-refractivity contribution >= 4 is 16.2 Å². The molecule has 4 aliphatic rings. The maximum absolute atomic E-state index is 12.4. The summed E-state index contributed by atoms with van der Waals surface area (Å²) < 4.78 is 66.3. The Morgan fingerprint density at radius 1 is 1.33 bits per heavy atom. The van der Waals surface area contributed by atoms with Crippen LogP contribution in [0.4, 0.5) is 13.2 Å². The highest BCUT2D eigenvalue weighted by atomic mass is 32.2. The van der Waals surface area contributed by atoms with Crippen LogP contribution in [0.5, 0.6) is 0 Å². The molecule has 5 rings (SSSR count). The quantitative estimate of drug-likeness (QED) is 0.697. The Morgan fingerprint density at radius 2 is 2.13 bits per heavy atom. The van der Waals surface area contributed by atoms with Crippen LogP contribution >= 0.6 is 0 Å². The van der Waals surface area contributed by atoms with E-state index >= 15 is 0 Å². The van der Waals surface area contributed by atoms with Crippen LogP contribution in [0.25, 0.3) is 0 Å². The third kappa shape index (κ3) is 2.98. The Bertz CT molecular complexity index is 1040. The maximum Gasteiger partial charge on any atom is 0.390 e. The molecule has 5 atom stereocenters. The van der Waals surface area contributed by atoms with Gasteiger partial charge in [-0.1, -0.05) is 13.3 Å². The van der Waals surface area contributed by atoms with E-state index in [0.717, 1.165) is 18.7 Å². The number of fused-ring (bicyclic) bond motifs is 1. The molecule has 2 N–H and O–H groups in total. The van der Waals surface area contributed by atoms with Gasteiger partial charge in [0, 0.05) is 18.4 Å². The molecule has 8 nitrogen and oxygen atoms in total. The first-order valence-corrected chi connectivity index (χ1v) is 11.8. The molecular formula is C18H23F3N6O2S. The van der Waals surface area contributed by atoms with Gasteiger partial charge in [-0.25, -0.2) is 13.1 Å². The molecule has 12 heteroatoms. The Balaban J connectivity index is 1.37. The second-order valence-corrected chi connectivity index (χ2v) is 10.6. The Morgan fingerprint density at radius 3 is 2.87 bits per heavy atom. The van der Waals surface area contributed by atoms with Crippen molar-refractivity contribution in [3.63, 3.8) is 0 Å². The Hall–Kier alpha value is -1.95. The number of sulfonamides is 1. The predicted octanol–water partition coefficient (Wildman–Crippen LogP) is 1.77. The fraction of sp³-hybridized carbons (Fsp3) is 0.722. The Labute approximate surface area is 172 Å². The van der Waals surface area contributed by atoms with E-state index in [2.05, 4.69) is 35.9 Å². The molecule has 0 amide bonds.